The van der Waals surface area contributed by atoms with Crippen LogP contribution in [0, 0.1) is 0 Å². The summed E-state index contributed by atoms with van der Waals surface area (Å²) >= 11 is 0. The lowest BCUT2D eigenvalue weighted by molar-refractivity contribution is -0.167. The molecule has 1 atom stereocenters. The van der Waals surface area contributed by atoms with Gasteiger partial charge in [-0.15, -0.1) is 0 Å². The van der Waals surface area contributed by atoms with Gasteiger partial charge in [0, 0.05) is 19.3 Å². The third-order valence-corrected chi connectivity index (χ3v) is 12.6. The van der Waals surface area contributed by atoms with Crippen LogP contribution >= 0.6 is 0 Å². The van der Waals surface area contributed by atoms with Gasteiger partial charge in [-0.1, -0.05) is 269 Å². The summed E-state index contributed by atoms with van der Waals surface area (Å²) in [6.07, 6.45) is 89.9. The van der Waals surface area contributed by atoms with Gasteiger partial charge in [-0.05, 0) is 116 Å². The maximum absolute atomic E-state index is 12.9. The van der Waals surface area contributed by atoms with Gasteiger partial charge < -0.3 is 14.2 Å². The topological polar surface area (TPSA) is 78.9 Å². The Morgan fingerprint density at radius 3 is 0.855 bits per heavy atom. The number of allylic oxidation sites excluding steroid dienone is 24. The summed E-state index contributed by atoms with van der Waals surface area (Å²) in [4.78, 5) is 38.2. The van der Waals surface area contributed by atoms with Gasteiger partial charge in [0.2, 0.25) is 0 Å². The van der Waals surface area contributed by atoms with Crippen molar-refractivity contribution < 1.29 is 28.6 Å². The molecule has 0 spiro atoms. The molecule has 0 aromatic heterocycles. The van der Waals surface area contributed by atoms with Crippen LogP contribution in [0.5, 0.6) is 0 Å². The molecule has 0 radical (unpaired) electrons. The highest BCUT2D eigenvalue weighted by molar-refractivity contribution is 5.71. The largest absolute Gasteiger partial charge is 0.462 e. The highest BCUT2D eigenvalue weighted by atomic mass is 16.6. The molecule has 6 nitrogen and oxygen atoms in total. The first-order chi connectivity index (χ1) is 37.5. The van der Waals surface area contributed by atoms with E-state index in [1.165, 1.54) is 70.6 Å². The van der Waals surface area contributed by atoms with Crippen LogP contribution in [-0.2, 0) is 28.6 Å². The van der Waals surface area contributed by atoms with Crippen LogP contribution in [0.2, 0.25) is 0 Å². The summed E-state index contributed by atoms with van der Waals surface area (Å²) in [5.41, 5.74) is 0. The standard InChI is InChI=1S/C70H112O6/c1-4-7-10-13-16-19-22-25-28-29-30-31-32-33-34-35-36-37-38-39-40-41-43-45-48-51-54-57-60-63-69(72)75-66-67(65-74-68(71)62-59-56-53-50-47-44-27-24-21-18-15-12-9-6-3)76-70(73)64-61-58-55-52-49-46-42-26-23-20-17-14-11-8-5-2/h7-8,10-11,16-17,19-20,25-26,28,30-31,33-34,36-37,39-40,42-43,45,51,54,67H,4-6,9,12-15,18,21-24,27,29,32,35,38,41,44,46-50,52-53,55-66H2,1-3H3/b10-7-,11-8-,19-16-,20-17-,28-25-,31-30-,34-33-,37-36-,40-39-,42-26-,45-43-,54-51-. The Balaban J connectivity index is 4.45. The first kappa shape index (κ1) is 71.3. The molecule has 0 aromatic rings. The molecule has 0 N–H and O–H groups in total. The second-order valence-electron chi connectivity index (χ2n) is 19.9. The van der Waals surface area contributed by atoms with Crippen molar-refractivity contribution in [1.82, 2.24) is 0 Å². The van der Waals surface area contributed by atoms with Crippen molar-refractivity contribution in [3.63, 3.8) is 0 Å². The molecular weight excluding hydrogens is 937 g/mol. The van der Waals surface area contributed by atoms with E-state index < -0.39 is 6.10 Å². The van der Waals surface area contributed by atoms with Crippen molar-refractivity contribution in [2.75, 3.05) is 13.2 Å². The highest BCUT2D eigenvalue weighted by Crippen LogP contribution is 2.15. The average molecular weight is 1050 g/mol. The maximum Gasteiger partial charge on any atom is 0.306 e. The van der Waals surface area contributed by atoms with Crippen molar-refractivity contribution in [2.24, 2.45) is 0 Å². The Morgan fingerprint density at radius 1 is 0.276 bits per heavy atom. The minimum Gasteiger partial charge on any atom is -0.462 e. The van der Waals surface area contributed by atoms with Crippen LogP contribution in [0.25, 0.3) is 0 Å². The predicted octanol–water partition coefficient (Wildman–Crippen LogP) is 21.2. The lowest BCUT2D eigenvalue weighted by Gasteiger charge is -2.18. The number of unbranched alkanes of at least 4 members (excludes halogenated alkanes) is 19. The van der Waals surface area contributed by atoms with Crippen molar-refractivity contribution >= 4 is 17.9 Å². The molecule has 0 aliphatic rings. The number of esters is 3. The lowest BCUT2D eigenvalue weighted by atomic mass is 10.0. The van der Waals surface area contributed by atoms with E-state index in [9.17, 15) is 14.4 Å². The SMILES string of the molecule is CC/C=C\C/C=C\C/C=C\C/C=C\C/C=C\C/C=C\C/C=C\C/C=C\C/C=C\CCCC(=O)OCC(COC(=O)CCCCCCCCCCCCCCCC)OC(=O)CCCCCCC/C=C\C/C=C\C/C=C\CC. The van der Waals surface area contributed by atoms with Crippen LogP contribution in [0.15, 0.2) is 146 Å². The summed E-state index contributed by atoms with van der Waals surface area (Å²) in [6.45, 7) is 6.35. The van der Waals surface area contributed by atoms with E-state index in [2.05, 4.69) is 167 Å². The molecule has 0 aliphatic carbocycles. The Kier molecular flexibility index (Phi) is 58.9. The molecule has 428 valence electrons. The van der Waals surface area contributed by atoms with Crippen molar-refractivity contribution in [3.8, 4) is 0 Å². The van der Waals surface area contributed by atoms with Gasteiger partial charge in [0.05, 0.1) is 0 Å². The zero-order chi connectivity index (χ0) is 55.0. The van der Waals surface area contributed by atoms with Gasteiger partial charge in [0.1, 0.15) is 13.2 Å². The van der Waals surface area contributed by atoms with E-state index in [1.54, 1.807) is 0 Å². The molecular formula is C70H112O6. The fraction of sp³-hybridized carbons (Fsp3) is 0.614. The first-order valence-corrected chi connectivity index (χ1v) is 30.8. The predicted molar refractivity (Wildman–Crippen MR) is 329 cm³/mol. The van der Waals surface area contributed by atoms with E-state index in [0.29, 0.717) is 19.3 Å². The molecule has 0 saturated carbocycles. The molecule has 6 heteroatoms. The smallest absolute Gasteiger partial charge is 0.306 e. The third-order valence-electron chi connectivity index (χ3n) is 12.6. The van der Waals surface area contributed by atoms with Gasteiger partial charge in [-0.3, -0.25) is 14.4 Å². The summed E-state index contributed by atoms with van der Waals surface area (Å²) < 4.78 is 16.8. The van der Waals surface area contributed by atoms with Crippen LogP contribution in [0.1, 0.15) is 258 Å². The lowest BCUT2D eigenvalue weighted by Crippen LogP contribution is -2.30. The van der Waals surface area contributed by atoms with Gasteiger partial charge in [-0.25, -0.2) is 0 Å². The second-order valence-corrected chi connectivity index (χ2v) is 19.9. The first-order valence-electron chi connectivity index (χ1n) is 30.8. The van der Waals surface area contributed by atoms with E-state index in [0.717, 1.165) is 141 Å². The number of carbonyl (C=O) groups is 3. The number of hydrogen-bond acceptors (Lipinski definition) is 6. The Morgan fingerprint density at radius 2 is 0.526 bits per heavy atom. The van der Waals surface area contributed by atoms with E-state index in [4.69, 9.17) is 14.2 Å². The van der Waals surface area contributed by atoms with Crippen LogP contribution in [0.3, 0.4) is 0 Å². The number of rotatable bonds is 54. The number of ether oxygens (including phenoxy) is 3. The van der Waals surface area contributed by atoms with E-state index in [-0.39, 0.29) is 37.5 Å². The third kappa shape index (κ3) is 60.2. The second kappa shape index (κ2) is 62.8. The van der Waals surface area contributed by atoms with Crippen LogP contribution < -0.4 is 0 Å². The summed E-state index contributed by atoms with van der Waals surface area (Å²) in [6, 6.07) is 0. The van der Waals surface area contributed by atoms with E-state index in [1.807, 2.05) is 0 Å². The Hall–Kier alpha value is -4.71. The zero-order valence-corrected chi connectivity index (χ0v) is 49.0. The van der Waals surface area contributed by atoms with Gasteiger partial charge in [0.25, 0.3) is 0 Å². The number of carbonyl (C=O) groups excluding carboxylic acids is 3. The highest BCUT2D eigenvalue weighted by Gasteiger charge is 2.19. The quantitative estimate of drug-likeness (QED) is 0.0261. The molecule has 0 bridgehead atoms. The van der Waals surface area contributed by atoms with Crippen LogP contribution in [-0.4, -0.2) is 37.2 Å². The summed E-state index contributed by atoms with van der Waals surface area (Å²) in [5, 5.41) is 0. The van der Waals surface area contributed by atoms with Gasteiger partial charge in [-0.2, -0.15) is 0 Å². The molecule has 0 aliphatic heterocycles. The summed E-state index contributed by atoms with van der Waals surface area (Å²) in [7, 11) is 0. The normalized spacial score (nSPS) is 13.1. The minimum atomic E-state index is -0.815. The van der Waals surface area contributed by atoms with Crippen LogP contribution in [0.4, 0.5) is 0 Å². The Bertz CT molecular complexity index is 1680. The number of hydrogen-bond donors (Lipinski definition) is 0. The summed E-state index contributed by atoms with van der Waals surface area (Å²) in [5.74, 6) is -0.987. The average Bonchev–Trinajstić information content (AvgIpc) is 3.42. The maximum atomic E-state index is 12.9. The van der Waals surface area contributed by atoms with Crippen molar-refractivity contribution in [2.45, 2.75) is 264 Å². The zero-order valence-electron chi connectivity index (χ0n) is 49.0. The van der Waals surface area contributed by atoms with Gasteiger partial charge in [0.15, 0.2) is 6.10 Å². The molecule has 0 saturated heterocycles. The van der Waals surface area contributed by atoms with Crippen molar-refractivity contribution in [1.29, 1.82) is 0 Å². The fourth-order valence-corrected chi connectivity index (χ4v) is 8.05. The molecule has 0 heterocycles. The Labute approximate surface area is 467 Å². The van der Waals surface area contributed by atoms with Gasteiger partial charge >= 0.3 is 17.9 Å². The van der Waals surface area contributed by atoms with E-state index >= 15 is 0 Å². The minimum absolute atomic E-state index is 0.106. The fourth-order valence-electron chi connectivity index (χ4n) is 8.05. The molecule has 1 unspecified atom stereocenters. The van der Waals surface area contributed by atoms with Crippen molar-refractivity contribution in [3.05, 3.63) is 146 Å². The molecule has 0 rings (SSSR count). The molecule has 76 heavy (non-hydrogen) atoms. The monoisotopic (exact) mass is 1050 g/mol. The molecule has 0 fully saturated rings. The molecule has 0 aromatic carbocycles. The molecule has 0 amide bonds.